The van der Waals surface area contributed by atoms with Gasteiger partial charge in [0.05, 0.1) is 0 Å². The number of esters is 3. The number of rotatable bonds is 62. The summed E-state index contributed by atoms with van der Waals surface area (Å²) in [5, 5.41) is 0. The minimum Gasteiger partial charge on any atom is -0.462 e. The molecule has 0 radical (unpaired) electrons. The molecule has 0 aliphatic heterocycles. The zero-order valence-corrected chi connectivity index (χ0v) is 52.4. The molecule has 0 aliphatic rings. The third-order valence-corrected chi connectivity index (χ3v) is 14.9. The van der Waals surface area contributed by atoms with Crippen LogP contribution in [-0.4, -0.2) is 37.2 Å². The first-order valence-corrected chi connectivity index (χ1v) is 34.1. The SMILES string of the molecule is CC/C=C\C/C=C\C/C=C\C/C=C\C/C=C\CCCCCCCCCCCC(=O)OCC(COC(=O)CCCCCCCCCCCCCCC)OC(=O)CCCCCCCCCCCCC/C=C\C/C=C\CCCCCCC. The Hall–Kier alpha value is -3.41. The van der Waals surface area contributed by atoms with Gasteiger partial charge in [-0.1, -0.05) is 311 Å². The summed E-state index contributed by atoms with van der Waals surface area (Å²) in [7, 11) is 0. The number of carbonyl (C=O) groups is 3. The van der Waals surface area contributed by atoms with Crippen LogP contribution in [-0.2, 0) is 28.6 Å². The van der Waals surface area contributed by atoms with E-state index in [1.807, 2.05) is 0 Å². The number of hydrogen-bond donors (Lipinski definition) is 0. The normalized spacial score (nSPS) is 12.6. The van der Waals surface area contributed by atoms with Gasteiger partial charge in [0.1, 0.15) is 13.2 Å². The molecule has 0 amide bonds. The van der Waals surface area contributed by atoms with Crippen LogP contribution in [0.5, 0.6) is 0 Å². The second kappa shape index (κ2) is 67.1. The highest BCUT2D eigenvalue weighted by atomic mass is 16.6. The molecule has 1 unspecified atom stereocenters. The van der Waals surface area contributed by atoms with Crippen LogP contribution < -0.4 is 0 Å². The van der Waals surface area contributed by atoms with E-state index in [9.17, 15) is 14.4 Å². The van der Waals surface area contributed by atoms with Crippen molar-refractivity contribution in [3.8, 4) is 0 Å². The Morgan fingerprint density at radius 3 is 0.772 bits per heavy atom. The molecule has 1 atom stereocenters. The maximum absolute atomic E-state index is 12.9. The Morgan fingerprint density at radius 2 is 0.494 bits per heavy atom. The van der Waals surface area contributed by atoms with E-state index in [1.165, 1.54) is 199 Å². The van der Waals surface area contributed by atoms with Crippen LogP contribution >= 0.6 is 0 Å². The fraction of sp³-hybridized carbons (Fsp3) is 0.767. The molecule has 456 valence electrons. The van der Waals surface area contributed by atoms with Gasteiger partial charge in [0.2, 0.25) is 0 Å². The van der Waals surface area contributed by atoms with Gasteiger partial charge < -0.3 is 14.2 Å². The van der Waals surface area contributed by atoms with E-state index < -0.39 is 6.10 Å². The molecular formula is C73H128O6. The molecule has 0 aromatic carbocycles. The van der Waals surface area contributed by atoms with Gasteiger partial charge >= 0.3 is 17.9 Å². The fourth-order valence-corrected chi connectivity index (χ4v) is 9.80. The van der Waals surface area contributed by atoms with Crippen molar-refractivity contribution >= 4 is 17.9 Å². The summed E-state index contributed by atoms with van der Waals surface area (Å²) in [4.78, 5) is 38.4. The van der Waals surface area contributed by atoms with E-state index in [4.69, 9.17) is 14.2 Å². The van der Waals surface area contributed by atoms with Crippen LogP contribution in [0.25, 0.3) is 0 Å². The molecule has 0 saturated heterocycles. The van der Waals surface area contributed by atoms with Crippen LogP contribution in [0.4, 0.5) is 0 Å². The average molecular weight is 1100 g/mol. The fourth-order valence-electron chi connectivity index (χ4n) is 9.80. The highest BCUT2D eigenvalue weighted by Crippen LogP contribution is 2.17. The number of ether oxygens (including phenoxy) is 3. The molecule has 0 aromatic rings. The topological polar surface area (TPSA) is 78.9 Å². The van der Waals surface area contributed by atoms with E-state index in [-0.39, 0.29) is 31.1 Å². The van der Waals surface area contributed by atoms with Gasteiger partial charge in [-0.25, -0.2) is 0 Å². The zero-order valence-electron chi connectivity index (χ0n) is 52.4. The Morgan fingerprint density at radius 1 is 0.266 bits per heavy atom. The first-order chi connectivity index (χ1) is 39.0. The first kappa shape index (κ1) is 75.6. The van der Waals surface area contributed by atoms with Crippen molar-refractivity contribution in [2.75, 3.05) is 13.2 Å². The Kier molecular flexibility index (Phi) is 64.2. The van der Waals surface area contributed by atoms with Gasteiger partial charge in [-0.2, -0.15) is 0 Å². The summed E-state index contributed by atoms with van der Waals surface area (Å²) >= 11 is 0. The lowest BCUT2D eigenvalue weighted by Gasteiger charge is -2.18. The van der Waals surface area contributed by atoms with E-state index in [1.54, 1.807) is 0 Å². The van der Waals surface area contributed by atoms with Crippen LogP contribution in [0, 0.1) is 0 Å². The third-order valence-electron chi connectivity index (χ3n) is 14.9. The number of allylic oxidation sites excluding steroid dienone is 14. The summed E-state index contributed by atoms with van der Waals surface area (Å²) < 4.78 is 17.0. The van der Waals surface area contributed by atoms with Crippen LogP contribution in [0.3, 0.4) is 0 Å². The molecule has 0 fully saturated rings. The second-order valence-electron chi connectivity index (χ2n) is 22.7. The predicted molar refractivity (Wildman–Crippen MR) is 344 cm³/mol. The standard InChI is InChI=1S/C73H128O6/c1-4-7-10-13-16-19-22-25-27-29-31-33-35-36-38-39-41-43-45-48-51-54-57-60-63-66-72(75)78-69-70(68-77-71(74)65-62-59-56-53-50-47-24-21-18-15-12-9-6-3)79-73(76)67-64-61-58-55-52-49-46-44-42-40-37-34-32-30-28-26-23-20-17-14-11-8-5-2/h7,10,16,19,23,25-27,30-33,36,38,70H,4-6,8-9,11-15,17-18,20-22,24,28-29,34-35,37,39-69H2,1-3H3/b10-7-,19-16-,26-23-,27-25-,32-30-,33-31-,38-36-. The number of unbranched alkanes of at least 4 members (excludes halogenated alkanes) is 37. The van der Waals surface area contributed by atoms with Crippen LogP contribution in [0.1, 0.15) is 342 Å². The molecule has 79 heavy (non-hydrogen) atoms. The van der Waals surface area contributed by atoms with Crippen molar-refractivity contribution in [2.45, 2.75) is 348 Å². The van der Waals surface area contributed by atoms with Gasteiger partial charge in [-0.15, -0.1) is 0 Å². The van der Waals surface area contributed by atoms with E-state index >= 15 is 0 Å². The highest BCUT2D eigenvalue weighted by Gasteiger charge is 2.19. The molecule has 0 rings (SSSR count). The molecule has 0 heterocycles. The summed E-state index contributed by atoms with van der Waals surface area (Å²) in [5.74, 6) is -0.867. The van der Waals surface area contributed by atoms with Gasteiger partial charge in [-0.3, -0.25) is 14.4 Å². The van der Waals surface area contributed by atoms with Gasteiger partial charge in [-0.05, 0) is 96.3 Å². The molecule has 0 saturated carbocycles. The second-order valence-corrected chi connectivity index (χ2v) is 22.7. The van der Waals surface area contributed by atoms with Crippen molar-refractivity contribution < 1.29 is 28.6 Å². The molecular weight excluding hydrogens is 973 g/mol. The van der Waals surface area contributed by atoms with Gasteiger partial charge in [0.15, 0.2) is 6.10 Å². The molecule has 0 bridgehead atoms. The first-order valence-electron chi connectivity index (χ1n) is 34.1. The Labute approximate surface area is 490 Å². The summed E-state index contributed by atoms with van der Waals surface area (Å²) in [6.07, 6.45) is 88.8. The van der Waals surface area contributed by atoms with Gasteiger partial charge in [0.25, 0.3) is 0 Å². The molecule has 6 nitrogen and oxygen atoms in total. The smallest absolute Gasteiger partial charge is 0.306 e. The minimum atomic E-state index is -0.780. The molecule has 6 heteroatoms. The third kappa shape index (κ3) is 65.3. The van der Waals surface area contributed by atoms with Crippen molar-refractivity contribution in [2.24, 2.45) is 0 Å². The molecule has 0 aromatic heterocycles. The maximum Gasteiger partial charge on any atom is 0.306 e. The van der Waals surface area contributed by atoms with Crippen molar-refractivity contribution in [3.63, 3.8) is 0 Å². The lowest BCUT2D eigenvalue weighted by molar-refractivity contribution is -0.167. The maximum atomic E-state index is 12.9. The monoisotopic (exact) mass is 1100 g/mol. The lowest BCUT2D eigenvalue weighted by Crippen LogP contribution is -2.30. The van der Waals surface area contributed by atoms with Crippen molar-refractivity contribution in [1.29, 1.82) is 0 Å². The van der Waals surface area contributed by atoms with E-state index in [0.717, 1.165) is 103 Å². The molecule has 0 aliphatic carbocycles. The molecule has 0 spiro atoms. The van der Waals surface area contributed by atoms with Crippen molar-refractivity contribution in [3.05, 3.63) is 85.1 Å². The predicted octanol–water partition coefficient (Wildman–Crippen LogP) is 23.4. The Balaban J connectivity index is 4.31. The van der Waals surface area contributed by atoms with Crippen molar-refractivity contribution in [1.82, 2.24) is 0 Å². The Bertz CT molecular complexity index is 1500. The summed E-state index contributed by atoms with van der Waals surface area (Å²) in [5.41, 5.74) is 0. The summed E-state index contributed by atoms with van der Waals surface area (Å²) in [6, 6.07) is 0. The quantitative estimate of drug-likeness (QED) is 0.0261. The molecule has 0 N–H and O–H groups in total. The zero-order chi connectivity index (χ0) is 57.1. The lowest BCUT2D eigenvalue weighted by atomic mass is 10.0. The van der Waals surface area contributed by atoms with E-state index in [0.29, 0.717) is 19.3 Å². The van der Waals surface area contributed by atoms with Crippen LogP contribution in [0.15, 0.2) is 85.1 Å². The van der Waals surface area contributed by atoms with Crippen LogP contribution in [0.2, 0.25) is 0 Å². The number of hydrogen-bond acceptors (Lipinski definition) is 6. The average Bonchev–Trinajstić information content (AvgIpc) is 3.45. The number of carbonyl (C=O) groups excluding carboxylic acids is 3. The van der Waals surface area contributed by atoms with E-state index in [2.05, 4.69) is 106 Å². The highest BCUT2D eigenvalue weighted by molar-refractivity contribution is 5.71. The summed E-state index contributed by atoms with van der Waals surface area (Å²) in [6.45, 7) is 6.55. The van der Waals surface area contributed by atoms with Gasteiger partial charge in [0, 0.05) is 19.3 Å². The minimum absolute atomic E-state index is 0.0755. The largest absolute Gasteiger partial charge is 0.462 e.